The van der Waals surface area contributed by atoms with Crippen LogP contribution in [0.4, 0.5) is 0 Å². The molecule has 0 bridgehead atoms. The van der Waals surface area contributed by atoms with Crippen molar-refractivity contribution in [2.45, 2.75) is 19.4 Å². The predicted octanol–water partition coefficient (Wildman–Crippen LogP) is 1.77. The number of rotatable bonds is 7. The van der Waals surface area contributed by atoms with E-state index in [1.165, 1.54) is 0 Å². The van der Waals surface area contributed by atoms with Gasteiger partial charge >= 0.3 is 0 Å². The molecule has 21 heavy (non-hydrogen) atoms. The summed E-state index contributed by atoms with van der Waals surface area (Å²) in [6.45, 7) is 7.84. The van der Waals surface area contributed by atoms with Gasteiger partial charge in [0.15, 0.2) is 0 Å². The van der Waals surface area contributed by atoms with Crippen molar-refractivity contribution < 1.29 is 14.6 Å². The first-order valence-electron chi connectivity index (χ1n) is 7.61. The zero-order valence-electron chi connectivity index (χ0n) is 13.0. The molecule has 0 saturated carbocycles. The molecule has 0 aliphatic carbocycles. The molecule has 1 aromatic carbocycles. The Labute approximate surface area is 126 Å². The molecule has 2 N–H and O–H groups in total. The fourth-order valence-electron chi connectivity index (χ4n) is 2.56. The molecule has 5 nitrogen and oxygen atoms in total. The first-order chi connectivity index (χ1) is 10.2. The summed E-state index contributed by atoms with van der Waals surface area (Å²) in [5.74, 6) is 1.08. The van der Waals surface area contributed by atoms with Gasteiger partial charge in [-0.05, 0) is 44.6 Å². The van der Waals surface area contributed by atoms with Gasteiger partial charge in [-0.25, -0.2) is 0 Å². The van der Waals surface area contributed by atoms with Gasteiger partial charge < -0.3 is 19.9 Å². The van der Waals surface area contributed by atoms with Crippen LogP contribution in [0.5, 0.6) is 11.5 Å². The minimum absolute atomic E-state index is 0.102. The summed E-state index contributed by atoms with van der Waals surface area (Å²) in [4.78, 5) is 2.43. The summed E-state index contributed by atoms with van der Waals surface area (Å²) in [5, 5.41) is 13.4. The number of phenolic OH excluding ortho intramolecular Hbond substituents is 1. The summed E-state index contributed by atoms with van der Waals surface area (Å²) in [5.41, 5.74) is 0.876. The topological polar surface area (TPSA) is 54.0 Å². The van der Waals surface area contributed by atoms with E-state index < -0.39 is 0 Å². The highest BCUT2D eigenvalue weighted by molar-refractivity contribution is 5.41. The number of aromatic hydroxyl groups is 1. The van der Waals surface area contributed by atoms with Crippen molar-refractivity contribution in [1.82, 2.24) is 10.2 Å². The molecular formula is C16H26N2O3. The van der Waals surface area contributed by atoms with Crippen LogP contribution in [-0.2, 0) is 4.74 Å². The number of nitrogens with zero attached hydrogens (tertiary/aromatic N) is 1. The van der Waals surface area contributed by atoms with Crippen LogP contribution in [0, 0.1) is 0 Å². The van der Waals surface area contributed by atoms with Gasteiger partial charge in [-0.3, -0.25) is 4.90 Å². The molecule has 1 unspecified atom stereocenters. The summed E-state index contributed by atoms with van der Waals surface area (Å²) in [7, 11) is 1.64. The molecule has 0 aromatic heterocycles. The second-order valence-electron chi connectivity index (χ2n) is 5.41. The van der Waals surface area contributed by atoms with E-state index in [9.17, 15) is 5.11 Å². The number of methoxy groups -OCH3 is 1. The second-order valence-corrected chi connectivity index (χ2v) is 5.41. The lowest BCUT2D eigenvalue weighted by Gasteiger charge is -2.26. The highest BCUT2D eigenvalue weighted by Crippen LogP contribution is 2.28. The number of hydrogen-bond acceptors (Lipinski definition) is 5. The monoisotopic (exact) mass is 294 g/mol. The lowest BCUT2D eigenvalue weighted by molar-refractivity contribution is 0.0374. The Kier molecular flexibility index (Phi) is 6.29. The lowest BCUT2D eigenvalue weighted by atomic mass is 10.1. The highest BCUT2D eigenvalue weighted by Gasteiger charge is 2.12. The van der Waals surface area contributed by atoms with E-state index in [1.807, 2.05) is 6.07 Å². The molecular weight excluding hydrogens is 268 g/mol. The molecule has 5 heteroatoms. The van der Waals surface area contributed by atoms with E-state index >= 15 is 0 Å². The third-order valence-corrected chi connectivity index (χ3v) is 3.91. The Bertz CT molecular complexity index is 434. The molecule has 1 aliphatic heterocycles. The summed E-state index contributed by atoms with van der Waals surface area (Å²) >= 11 is 0. The standard InChI is InChI=1S/C16H26N2O3/c1-13(15-12-14(20-2)4-5-16(15)19)17-6-3-7-18-8-10-21-11-9-18/h4-5,12-13,17,19H,3,6-11H2,1-2H3. The molecule has 0 spiro atoms. The summed E-state index contributed by atoms with van der Waals surface area (Å²) < 4.78 is 10.5. The predicted molar refractivity (Wildman–Crippen MR) is 83.0 cm³/mol. The average Bonchev–Trinajstić information content (AvgIpc) is 2.53. The number of morpholine rings is 1. The summed E-state index contributed by atoms with van der Waals surface area (Å²) in [6, 6.07) is 5.43. The van der Waals surface area contributed by atoms with E-state index in [0.717, 1.165) is 57.1 Å². The number of benzene rings is 1. The van der Waals surface area contributed by atoms with E-state index in [1.54, 1.807) is 19.2 Å². The van der Waals surface area contributed by atoms with E-state index in [0.29, 0.717) is 5.75 Å². The van der Waals surface area contributed by atoms with Gasteiger partial charge in [0.05, 0.1) is 20.3 Å². The maximum atomic E-state index is 9.94. The van der Waals surface area contributed by atoms with Crippen molar-refractivity contribution in [1.29, 1.82) is 0 Å². The van der Waals surface area contributed by atoms with Crippen LogP contribution in [0.1, 0.15) is 24.9 Å². The van der Waals surface area contributed by atoms with Crippen LogP contribution < -0.4 is 10.1 Å². The third kappa shape index (κ3) is 4.88. The molecule has 1 aromatic rings. The zero-order chi connectivity index (χ0) is 15.1. The number of ether oxygens (including phenoxy) is 2. The lowest BCUT2D eigenvalue weighted by Crippen LogP contribution is -2.37. The number of nitrogens with one attached hydrogen (secondary N) is 1. The minimum atomic E-state index is 0.102. The quantitative estimate of drug-likeness (QED) is 0.751. The van der Waals surface area contributed by atoms with Gasteiger partial charge in [-0.2, -0.15) is 0 Å². The molecule has 1 heterocycles. The smallest absolute Gasteiger partial charge is 0.120 e. The van der Waals surface area contributed by atoms with E-state index in [2.05, 4.69) is 17.1 Å². The van der Waals surface area contributed by atoms with Gasteiger partial charge in [-0.1, -0.05) is 0 Å². The van der Waals surface area contributed by atoms with Crippen molar-refractivity contribution >= 4 is 0 Å². The maximum absolute atomic E-state index is 9.94. The van der Waals surface area contributed by atoms with Gasteiger partial charge in [0.25, 0.3) is 0 Å². The van der Waals surface area contributed by atoms with Crippen molar-refractivity contribution in [2.24, 2.45) is 0 Å². The normalized spacial score (nSPS) is 17.6. The van der Waals surface area contributed by atoms with Crippen LogP contribution in [-0.4, -0.2) is 56.5 Å². The molecule has 0 amide bonds. The highest BCUT2D eigenvalue weighted by atomic mass is 16.5. The fraction of sp³-hybridized carbons (Fsp3) is 0.625. The maximum Gasteiger partial charge on any atom is 0.120 e. The SMILES string of the molecule is COc1ccc(O)c(C(C)NCCCN2CCOCC2)c1. The van der Waals surface area contributed by atoms with Crippen molar-refractivity contribution in [3.05, 3.63) is 23.8 Å². The second kappa shape index (κ2) is 8.22. The zero-order valence-corrected chi connectivity index (χ0v) is 13.0. The van der Waals surface area contributed by atoms with Crippen LogP contribution in [0.2, 0.25) is 0 Å². The van der Waals surface area contributed by atoms with Crippen molar-refractivity contribution in [2.75, 3.05) is 46.5 Å². The molecule has 1 fully saturated rings. The fourth-order valence-corrected chi connectivity index (χ4v) is 2.56. The first kappa shape index (κ1) is 16.1. The first-order valence-corrected chi connectivity index (χ1v) is 7.61. The average molecular weight is 294 g/mol. The van der Waals surface area contributed by atoms with Gasteiger partial charge in [0.2, 0.25) is 0 Å². The van der Waals surface area contributed by atoms with Crippen molar-refractivity contribution in [3.63, 3.8) is 0 Å². The van der Waals surface area contributed by atoms with Gasteiger partial charge in [-0.15, -0.1) is 0 Å². The molecule has 1 atom stereocenters. The summed E-state index contributed by atoms with van der Waals surface area (Å²) in [6.07, 6.45) is 1.09. The van der Waals surface area contributed by atoms with E-state index in [-0.39, 0.29) is 6.04 Å². The van der Waals surface area contributed by atoms with Gasteiger partial charge in [0, 0.05) is 24.7 Å². The van der Waals surface area contributed by atoms with Crippen LogP contribution in [0.15, 0.2) is 18.2 Å². The van der Waals surface area contributed by atoms with Crippen LogP contribution in [0.3, 0.4) is 0 Å². The van der Waals surface area contributed by atoms with E-state index in [4.69, 9.17) is 9.47 Å². The molecule has 1 saturated heterocycles. The Hall–Kier alpha value is -1.30. The van der Waals surface area contributed by atoms with Crippen molar-refractivity contribution in [3.8, 4) is 11.5 Å². The number of phenols is 1. The molecule has 118 valence electrons. The Morgan fingerprint density at radius 2 is 2.14 bits per heavy atom. The Morgan fingerprint density at radius 3 is 2.86 bits per heavy atom. The Morgan fingerprint density at radius 1 is 1.38 bits per heavy atom. The molecule has 1 aliphatic rings. The van der Waals surface area contributed by atoms with Crippen LogP contribution >= 0.6 is 0 Å². The third-order valence-electron chi connectivity index (χ3n) is 3.91. The Balaban J connectivity index is 1.74. The minimum Gasteiger partial charge on any atom is -0.508 e. The van der Waals surface area contributed by atoms with Gasteiger partial charge in [0.1, 0.15) is 11.5 Å². The largest absolute Gasteiger partial charge is 0.508 e. The number of hydrogen-bond donors (Lipinski definition) is 2. The van der Waals surface area contributed by atoms with Crippen LogP contribution in [0.25, 0.3) is 0 Å². The molecule has 0 radical (unpaired) electrons. The molecule has 2 rings (SSSR count).